The van der Waals surface area contributed by atoms with E-state index in [0.29, 0.717) is 33.9 Å². The van der Waals surface area contributed by atoms with Gasteiger partial charge in [0.05, 0.1) is 16.1 Å². The highest BCUT2D eigenvalue weighted by Gasteiger charge is 2.15. The van der Waals surface area contributed by atoms with Crippen molar-refractivity contribution in [2.45, 2.75) is 13.0 Å². The molecule has 4 aromatic rings. The molecule has 11 heteroatoms. The van der Waals surface area contributed by atoms with E-state index >= 15 is 0 Å². The van der Waals surface area contributed by atoms with Crippen molar-refractivity contribution in [3.63, 3.8) is 0 Å². The zero-order valence-corrected chi connectivity index (χ0v) is 23.4. The van der Waals surface area contributed by atoms with Crippen LogP contribution in [-0.4, -0.2) is 77.0 Å². The molecule has 0 unspecified atom stereocenters. The second-order valence-electron chi connectivity index (χ2n) is 9.35. The van der Waals surface area contributed by atoms with Gasteiger partial charge in [0, 0.05) is 55.7 Å². The molecule has 0 spiro atoms. The number of hydrogen-bond acceptors (Lipinski definition) is 8. The van der Waals surface area contributed by atoms with Crippen molar-refractivity contribution in [2.24, 2.45) is 0 Å². The number of piperazine rings is 1. The van der Waals surface area contributed by atoms with E-state index in [9.17, 15) is 4.79 Å². The Hall–Kier alpha value is -2.82. The number of carbonyl (C=O) groups is 1. The molecule has 8 nitrogen and oxygen atoms in total. The molecule has 1 amide bonds. The van der Waals surface area contributed by atoms with Crippen LogP contribution in [0.1, 0.15) is 22.3 Å². The summed E-state index contributed by atoms with van der Waals surface area (Å²) in [7, 11) is 2.17. The van der Waals surface area contributed by atoms with Crippen LogP contribution in [0.5, 0.6) is 0 Å². The summed E-state index contributed by atoms with van der Waals surface area (Å²) in [5.74, 6) is 0.414. The van der Waals surface area contributed by atoms with Gasteiger partial charge in [-0.15, -0.1) is 11.3 Å². The molecule has 4 heterocycles. The molecule has 5 rings (SSSR count). The number of nitrogens with zero attached hydrogens (tertiary/aromatic N) is 5. The maximum atomic E-state index is 12.7. The van der Waals surface area contributed by atoms with Crippen LogP contribution in [0.3, 0.4) is 0 Å². The van der Waals surface area contributed by atoms with E-state index in [2.05, 4.69) is 37.4 Å². The van der Waals surface area contributed by atoms with Crippen molar-refractivity contribution in [1.82, 2.24) is 30.1 Å². The number of halogens is 2. The number of nitrogens with one attached hydrogen (secondary N) is 2. The van der Waals surface area contributed by atoms with Crippen molar-refractivity contribution < 1.29 is 4.79 Å². The predicted molar refractivity (Wildman–Crippen MR) is 155 cm³/mol. The Morgan fingerprint density at radius 1 is 1.05 bits per heavy atom. The standard InChI is InChI=1S/C27H29Cl2N7OS/c1-35-9-11-36(12-10-35)8-2-7-30-27-33-17-21(28)25(34-27)23-13-19-4-5-20(14-22(19)38-23)26(37)32-16-18-3-6-24(29)31-15-18/h3-6,13-15,17H,2,7-12,16H2,1H3,(H,32,37)(H,30,33,34). The molecule has 3 aromatic heterocycles. The van der Waals surface area contributed by atoms with E-state index in [4.69, 9.17) is 28.2 Å². The number of hydrogen-bond donors (Lipinski definition) is 2. The molecule has 38 heavy (non-hydrogen) atoms. The molecule has 0 saturated carbocycles. The molecule has 0 atom stereocenters. The van der Waals surface area contributed by atoms with E-state index in [0.717, 1.165) is 66.2 Å². The minimum absolute atomic E-state index is 0.153. The molecule has 1 aliphatic heterocycles. The minimum Gasteiger partial charge on any atom is -0.354 e. The summed E-state index contributed by atoms with van der Waals surface area (Å²) in [6.07, 6.45) is 4.31. The lowest BCUT2D eigenvalue weighted by molar-refractivity contribution is 0.0951. The van der Waals surface area contributed by atoms with Gasteiger partial charge in [0.15, 0.2) is 0 Å². The maximum Gasteiger partial charge on any atom is 0.251 e. The third-order valence-corrected chi connectivity index (χ3v) is 8.14. The second kappa shape index (κ2) is 12.4. The Bertz CT molecular complexity index is 1400. The number of carbonyl (C=O) groups excluding carboxylic acids is 1. The average molecular weight is 571 g/mol. The molecule has 198 valence electrons. The third-order valence-electron chi connectivity index (χ3n) is 6.53. The summed E-state index contributed by atoms with van der Waals surface area (Å²) in [5.41, 5.74) is 2.15. The molecular weight excluding hydrogens is 541 g/mol. The predicted octanol–water partition coefficient (Wildman–Crippen LogP) is 5.04. The van der Waals surface area contributed by atoms with Crippen molar-refractivity contribution >= 4 is 56.5 Å². The summed E-state index contributed by atoms with van der Waals surface area (Å²) in [6.45, 7) is 6.71. The Kier molecular flexibility index (Phi) is 8.71. The number of aromatic nitrogens is 3. The van der Waals surface area contributed by atoms with Crippen LogP contribution in [0.25, 0.3) is 20.7 Å². The Morgan fingerprint density at radius 2 is 1.89 bits per heavy atom. The van der Waals surface area contributed by atoms with E-state index in [1.165, 1.54) is 0 Å². The fourth-order valence-electron chi connectivity index (χ4n) is 4.28. The number of thiophene rings is 1. The van der Waals surface area contributed by atoms with Crippen molar-refractivity contribution in [1.29, 1.82) is 0 Å². The summed E-state index contributed by atoms with van der Waals surface area (Å²) in [5, 5.41) is 8.22. The zero-order valence-electron chi connectivity index (χ0n) is 21.1. The molecule has 1 fully saturated rings. The van der Waals surface area contributed by atoms with Crippen LogP contribution in [0, 0.1) is 0 Å². The third kappa shape index (κ3) is 6.78. The first-order valence-corrected chi connectivity index (χ1v) is 14.1. The maximum absolute atomic E-state index is 12.7. The lowest BCUT2D eigenvalue weighted by Gasteiger charge is -2.32. The quantitative estimate of drug-likeness (QED) is 0.216. The van der Waals surface area contributed by atoms with Crippen molar-refractivity contribution in [3.8, 4) is 10.6 Å². The van der Waals surface area contributed by atoms with Crippen molar-refractivity contribution in [3.05, 3.63) is 70.1 Å². The van der Waals surface area contributed by atoms with Gasteiger partial charge in [-0.25, -0.2) is 15.0 Å². The summed E-state index contributed by atoms with van der Waals surface area (Å²) in [4.78, 5) is 31.6. The highest BCUT2D eigenvalue weighted by molar-refractivity contribution is 7.22. The van der Waals surface area contributed by atoms with Crippen LogP contribution < -0.4 is 10.6 Å². The minimum atomic E-state index is -0.153. The number of amides is 1. The first-order chi connectivity index (χ1) is 18.4. The van der Waals surface area contributed by atoms with E-state index in [1.54, 1.807) is 29.8 Å². The number of pyridine rings is 1. The molecule has 2 N–H and O–H groups in total. The molecule has 0 radical (unpaired) electrons. The fourth-order valence-corrected chi connectivity index (χ4v) is 5.75. The van der Waals surface area contributed by atoms with E-state index < -0.39 is 0 Å². The van der Waals surface area contributed by atoms with Gasteiger partial charge in [-0.2, -0.15) is 0 Å². The molecule has 0 bridgehead atoms. The Morgan fingerprint density at radius 3 is 2.68 bits per heavy atom. The van der Waals surface area contributed by atoms with Gasteiger partial charge < -0.3 is 20.4 Å². The van der Waals surface area contributed by atoms with Gasteiger partial charge in [-0.3, -0.25) is 4.79 Å². The highest BCUT2D eigenvalue weighted by atomic mass is 35.5. The van der Waals surface area contributed by atoms with Gasteiger partial charge in [-0.05, 0) is 55.2 Å². The topological polar surface area (TPSA) is 86.3 Å². The molecule has 1 saturated heterocycles. The highest BCUT2D eigenvalue weighted by Crippen LogP contribution is 2.36. The smallest absolute Gasteiger partial charge is 0.251 e. The van der Waals surface area contributed by atoms with E-state index in [-0.39, 0.29) is 5.91 Å². The summed E-state index contributed by atoms with van der Waals surface area (Å²) >= 11 is 13.9. The second-order valence-corrected chi connectivity index (χ2v) is 11.2. The summed E-state index contributed by atoms with van der Waals surface area (Å²) in [6, 6.07) is 11.3. The van der Waals surface area contributed by atoms with Gasteiger partial charge in [-0.1, -0.05) is 35.3 Å². The van der Waals surface area contributed by atoms with Crippen LogP contribution in [-0.2, 0) is 6.54 Å². The van der Waals surface area contributed by atoms with Crippen LogP contribution in [0.4, 0.5) is 5.95 Å². The average Bonchev–Trinajstić information content (AvgIpc) is 3.36. The first kappa shape index (κ1) is 26.8. The number of anilines is 1. The number of benzene rings is 1. The SMILES string of the molecule is CN1CCN(CCCNc2ncc(Cl)c(-c3cc4ccc(C(=O)NCc5ccc(Cl)nc5)cc4s3)n2)CC1. The lowest BCUT2D eigenvalue weighted by Crippen LogP contribution is -2.44. The lowest BCUT2D eigenvalue weighted by atomic mass is 10.1. The monoisotopic (exact) mass is 569 g/mol. The largest absolute Gasteiger partial charge is 0.354 e. The Labute approximate surface area is 236 Å². The number of rotatable bonds is 9. The van der Waals surface area contributed by atoms with Gasteiger partial charge in [0.2, 0.25) is 5.95 Å². The van der Waals surface area contributed by atoms with Crippen molar-refractivity contribution in [2.75, 3.05) is 51.6 Å². The fraction of sp³-hybridized carbons (Fsp3) is 0.333. The zero-order chi connectivity index (χ0) is 26.5. The van der Waals surface area contributed by atoms with Gasteiger partial charge >= 0.3 is 0 Å². The molecule has 0 aliphatic carbocycles. The number of fused-ring (bicyclic) bond motifs is 1. The molecular formula is C27H29Cl2N7OS. The molecule has 1 aliphatic rings. The van der Waals surface area contributed by atoms with Gasteiger partial charge in [0.25, 0.3) is 5.91 Å². The Balaban J connectivity index is 1.21. The normalized spacial score (nSPS) is 14.6. The number of likely N-dealkylation sites (N-methyl/N-ethyl adjacent to an activating group) is 1. The van der Waals surface area contributed by atoms with Gasteiger partial charge in [0.1, 0.15) is 10.8 Å². The van der Waals surface area contributed by atoms with Crippen LogP contribution in [0.15, 0.2) is 48.8 Å². The van der Waals surface area contributed by atoms with E-state index in [1.807, 2.05) is 30.3 Å². The van der Waals surface area contributed by atoms with Crippen LogP contribution in [0.2, 0.25) is 10.2 Å². The first-order valence-electron chi connectivity index (χ1n) is 12.5. The van der Waals surface area contributed by atoms with Crippen LogP contribution >= 0.6 is 34.5 Å². The summed E-state index contributed by atoms with van der Waals surface area (Å²) < 4.78 is 0.983. The molecule has 1 aromatic carbocycles.